The lowest BCUT2D eigenvalue weighted by molar-refractivity contribution is -0.142. The second-order valence-electron chi connectivity index (χ2n) is 9.46. The average molecular weight is 466 g/mol. The van der Waals surface area contributed by atoms with Crippen LogP contribution in [-0.4, -0.2) is 40.2 Å². The highest BCUT2D eigenvalue weighted by atomic mass is 35.5. The van der Waals surface area contributed by atoms with Crippen LogP contribution in [0.3, 0.4) is 0 Å². The number of hydrogen-bond donors (Lipinski definition) is 1. The van der Waals surface area contributed by atoms with Crippen molar-refractivity contribution in [1.29, 1.82) is 0 Å². The third kappa shape index (κ3) is 3.80. The fourth-order valence-corrected chi connectivity index (χ4v) is 5.51. The molecule has 172 valence electrons. The molecule has 5 rings (SSSR count). The lowest BCUT2D eigenvalue weighted by Crippen LogP contribution is -2.49. The first-order valence-corrected chi connectivity index (χ1v) is 12.0. The van der Waals surface area contributed by atoms with Crippen molar-refractivity contribution < 1.29 is 14.4 Å². The third-order valence-corrected chi connectivity index (χ3v) is 7.88. The maximum Gasteiger partial charge on any atom is 0.325 e. The number of amides is 4. The minimum Gasteiger partial charge on any atom is -0.334 e. The Balaban J connectivity index is 1.37. The minimum absolute atomic E-state index is 0.0314. The van der Waals surface area contributed by atoms with Gasteiger partial charge in [0.2, 0.25) is 5.91 Å². The number of fused-ring (bicyclic) bond motifs is 2. The van der Waals surface area contributed by atoms with E-state index in [1.807, 2.05) is 53.4 Å². The van der Waals surface area contributed by atoms with Gasteiger partial charge in [-0.05, 0) is 67.3 Å². The first kappa shape index (κ1) is 22.0. The highest BCUT2D eigenvalue weighted by molar-refractivity contribution is 6.30. The quantitative estimate of drug-likeness (QED) is 0.648. The van der Waals surface area contributed by atoms with Crippen LogP contribution in [0, 0.1) is 5.92 Å². The van der Waals surface area contributed by atoms with Crippen molar-refractivity contribution >= 4 is 29.4 Å². The molecule has 2 atom stereocenters. The highest BCUT2D eigenvalue weighted by Crippen LogP contribution is 2.41. The number of rotatable bonds is 6. The molecule has 0 unspecified atom stereocenters. The van der Waals surface area contributed by atoms with Crippen molar-refractivity contribution in [2.45, 2.75) is 57.2 Å². The van der Waals surface area contributed by atoms with Crippen LogP contribution in [0.5, 0.6) is 0 Å². The van der Waals surface area contributed by atoms with E-state index in [4.69, 9.17) is 11.6 Å². The zero-order chi connectivity index (χ0) is 23.2. The summed E-state index contributed by atoms with van der Waals surface area (Å²) in [6.45, 7) is 2.24. The number of benzene rings is 2. The summed E-state index contributed by atoms with van der Waals surface area (Å²) < 4.78 is 0. The van der Waals surface area contributed by atoms with Gasteiger partial charge in [0.05, 0.1) is 0 Å². The highest BCUT2D eigenvalue weighted by Gasteiger charge is 2.55. The predicted molar refractivity (Wildman–Crippen MR) is 125 cm³/mol. The summed E-state index contributed by atoms with van der Waals surface area (Å²) in [7, 11) is 0. The Labute approximate surface area is 198 Å². The molecule has 2 aromatic rings. The van der Waals surface area contributed by atoms with Gasteiger partial charge in [0.1, 0.15) is 12.1 Å². The van der Waals surface area contributed by atoms with E-state index in [-0.39, 0.29) is 24.4 Å². The van der Waals surface area contributed by atoms with Gasteiger partial charge in [0, 0.05) is 17.6 Å². The Morgan fingerprint density at radius 3 is 2.61 bits per heavy atom. The van der Waals surface area contributed by atoms with Crippen molar-refractivity contribution in [2.24, 2.45) is 5.92 Å². The van der Waals surface area contributed by atoms with Crippen molar-refractivity contribution in [1.82, 2.24) is 15.1 Å². The maximum atomic E-state index is 13.5. The molecular weight excluding hydrogens is 438 g/mol. The van der Waals surface area contributed by atoms with Crippen LogP contribution in [-0.2, 0) is 28.1 Å². The van der Waals surface area contributed by atoms with Crippen molar-refractivity contribution in [3.63, 3.8) is 0 Å². The Kier molecular flexibility index (Phi) is 5.65. The molecule has 2 aromatic carbocycles. The topological polar surface area (TPSA) is 69.7 Å². The van der Waals surface area contributed by atoms with Gasteiger partial charge in [0.25, 0.3) is 5.91 Å². The molecule has 1 N–H and O–H groups in total. The Morgan fingerprint density at radius 1 is 1.18 bits per heavy atom. The van der Waals surface area contributed by atoms with Crippen LogP contribution in [0.4, 0.5) is 4.79 Å². The minimum atomic E-state index is -1.05. The summed E-state index contributed by atoms with van der Waals surface area (Å²) >= 11 is 6.03. The first-order chi connectivity index (χ1) is 15.9. The fraction of sp³-hybridized carbons (Fsp3) is 0.423. The SMILES string of the molecule is C[C@@H](C1CCC1)N(Cc1ccc(Cl)cc1)C(=O)CN1C(=O)N[C@]2(CCc3ccccc32)C1=O. The summed E-state index contributed by atoms with van der Waals surface area (Å²) in [4.78, 5) is 42.8. The Morgan fingerprint density at radius 2 is 1.91 bits per heavy atom. The van der Waals surface area contributed by atoms with Gasteiger partial charge in [-0.3, -0.25) is 14.5 Å². The molecule has 0 bridgehead atoms. The van der Waals surface area contributed by atoms with Crippen LogP contribution in [0.2, 0.25) is 5.02 Å². The van der Waals surface area contributed by atoms with Gasteiger partial charge in [-0.2, -0.15) is 0 Å². The molecule has 2 fully saturated rings. The fourth-order valence-electron chi connectivity index (χ4n) is 5.38. The Hall–Kier alpha value is -2.86. The summed E-state index contributed by atoms with van der Waals surface area (Å²) in [6.07, 6.45) is 4.61. The predicted octanol–water partition coefficient (Wildman–Crippen LogP) is 4.25. The molecule has 1 heterocycles. The zero-order valence-electron chi connectivity index (χ0n) is 18.7. The van der Waals surface area contributed by atoms with Crippen molar-refractivity contribution in [3.05, 3.63) is 70.2 Å². The van der Waals surface area contributed by atoms with Gasteiger partial charge < -0.3 is 10.2 Å². The standard InChI is InChI=1S/C26H28ClN3O3/c1-17(19-6-4-7-19)29(15-18-9-11-21(27)12-10-18)23(31)16-30-24(32)26(28-25(30)33)14-13-20-5-2-3-8-22(20)26/h2-3,5,8-12,17,19H,4,6-7,13-16H2,1H3,(H,28,33)/t17-,26-/m0/s1. The third-order valence-electron chi connectivity index (χ3n) is 7.63. The Bertz CT molecular complexity index is 1100. The molecule has 1 saturated carbocycles. The molecule has 1 saturated heterocycles. The summed E-state index contributed by atoms with van der Waals surface area (Å²) in [6, 6.07) is 14.7. The molecular formula is C26H28ClN3O3. The number of halogens is 1. The van der Waals surface area contributed by atoms with Crippen LogP contribution in [0.25, 0.3) is 0 Å². The molecule has 6 nitrogen and oxygen atoms in total. The molecule has 0 aromatic heterocycles. The summed E-state index contributed by atoms with van der Waals surface area (Å²) in [5.74, 6) is -0.0953. The van der Waals surface area contributed by atoms with Gasteiger partial charge in [-0.25, -0.2) is 4.79 Å². The number of carbonyl (C=O) groups is 3. The molecule has 0 radical (unpaired) electrons. The van der Waals surface area contributed by atoms with E-state index in [1.165, 1.54) is 6.42 Å². The zero-order valence-corrected chi connectivity index (χ0v) is 19.5. The second kappa shape index (κ2) is 8.49. The van der Waals surface area contributed by atoms with E-state index in [0.29, 0.717) is 23.9 Å². The number of hydrogen-bond acceptors (Lipinski definition) is 3. The first-order valence-electron chi connectivity index (χ1n) is 11.7. The van der Waals surface area contributed by atoms with Gasteiger partial charge in [0.15, 0.2) is 0 Å². The lowest BCUT2D eigenvalue weighted by atomic mass is 9.79. The molecule has 3 aliphatic rings. The van der Waals surface area contributed by atoms with Gasteiger partial charge in [-0.15, -0.1) is 0 Å². The molecule has 1 spiro atoms. The molecule has 1 aliphatic heterocycles. The van der Waals surface area contributed by atoms with E-state index in [0.717, 1.165) is 40.9 Å². The average Bonchev–Trinajstić information content (AvgIpc) is 3.25. The van der Waals surface area contributed by atoms with E-state index in [9.17, 15) is 14.4 Å². The van der Waals surface area contributed by atoms with Crippen molar-refractivity contribution in [2.75, 3.05) is 6.54 Å². The summed E-state index contributed by atoms with van der Waals surface area (Å²) in [5, 5.41) is 3.56. The lowest BCUT2D eigenvalue weighted by Gasteiger charge is -2.39. The number of nitrogens with zero attached hydrogens (tertiary/aromatic N) is 2. The van der Waals surface area contributed by atoms with E-state index >= 15 is 0 Å². The summed E-state index contributed by atoms with van der Waals surface area (Å²) in [5.41, 5.74) is 1.84. The second-order valence-corrected chi connectivity index (χ2v) is 9.90. The molecule has 2 aliphatic carbocycles. The molecule has 4 amide bonds. The van der Waals surface area contributed by atoms with Crippen LogP contribution < -0.4 is 5.32 Å². The van der Waals surface area contributed by atoms with Gasteiger partial charge in [-0.1, -0.05) is 54.4 Å². The number of urea groups is 1. The van der Waals surface area contributed by atoms with E-state index < -0.39 is 11.6 Å². The largest absolute Gasteiger partial charge is 0.334 e. The normalized spacial score (nSPS) is 22.8. The van der Waals surface area contributed by atoms with Crippen LogP contribution >= 0.6 is 11.6 Å². The van der Waals surface area contributed by atoms with Crippen LogP contribution in [0.1, 0.15) is 49.3 Å². The monoisotopic (exact) mass is 465 g/mol. The number of aryl methyl sites for hydroxylation is 1. The number of nitrogens with one attached hydrogen (secondary N) is 1. The molecule has 33 heavy (non-hydrogen) atoms. The number of imide groups is 1. The van der Waals surface area contributed by atoms with E-state index in [1.54, 1.807) is 0 Å². The smallest absolute Gasteiger partial charge is 0.325 e. The van der Waals surface area contributed by atoms with Crippen LogP contribution in [0.15, 0.2) is 48.5 Å². The molecule has 7 heteroatoms. The number of carbonyl (C=O) groups excluding carboxylic acids is 3. The van der Waals surface area contributed by atoms with Crippen molar-refractivity contribution in [3.8, 4) is 0 Å². The maximum absolute atomic E-state index is 13.5. The van der Waals surface area contributed by atoms with E-state index in [2.05, 4.69) is 12.2 Å². The van der Waals surface area contributed by atoms with Gasteiger partial charge >= 0.3 is 6.03 Å².